The normalized spacial score (nSPS) is 21.0. The molecular weight excluding hydrogens is 252 g/mol. The van der Waals surface area contributed by atoms with Crippen LogP contribution in [0.15, 0.2) is 0 Å². The van der Waals surface area contributed by atoms with Gasteiger partial charge in [-0.2, -0.15) is 11.8 Å². The summed E-state index contributed by atoms with van der Waals surface area (Å²) in [6.45, 7) is 18.9. The molecule has 19 heavy (non-hydrogen) atoms. The summed E-state index contributed by atoms with van der Waals surface area (Å²) >= 11 is 2.13. The molecule has 0 atom stereocenters. The maximum Gasteiger partial charge on any atom is 0.0231 e. The van der Waals surface area contributed by atoms with Gasteiger partial charge >= 0.3 is 0 Å². The Kier molecular flexibility index (Phi) is 6.68. The van der Waals surface area contributed by atoms with Crippen molar-refractivity contribution in [3.63, 3.8) is 0 Å². The minimum Gasteiger partial charge on any atom is -0.314 e. The second kappa shape index (κ2) is 7.33. The van der Waals surface area contributed by atoms with Gasteiger partial charge in [-0.15, -0.1) is 0 Å². The molecule has 2 nitrogen and oxygen atoms in total. The number of hydrogen-bond acceptors (Lipinski definition) is 3. The van der Waals surface area contributed by atoms with Crippen LogP contribution in [0.5, 0.6) is 0 Å². The van der Waals surface area contributed by atoms with Gasteiger partial charge in [0.2, 0.25) is 0 Å². The molecule has 0 aromatic heterocycles. The van der Waals surface area contributed by atoms with Crippen LogP contribution >= 0.6 is 11.8 Å². The van der Waals surface area contributed by atoms with E-state index in [1.807, 2.05) is 0 Å². The maximum absolute atomic E-state index is 3.67. The van der Waals surface area contributed by atoms with Crippen molar-refractivity contribution in [1.82, 2.24) is 10.2 Å². The smallest absolute Gasteiger partial charge is 0.0231 e. The van der Waals surface area contributed by atoms with E-state index < -0.39 is 0 Å². The molecule has 0 bridgehead atoms. The highest BCUT2D eigenvalue weighted by Gasteiger charge is 2.33. The number of hydrogen-bond donors (Lipinski definition) is 1. The van der Waals surface area contributed by atoms with Crippen LogP contribution < -0.4 is 5.32 Å². The van der Waals surface area contributed by atoms with Crippen LogP contribution in [-0.4, -0.2) is 47.6 Å². The Balaban J connectivity index is 2.61. The van der Waals surface area contributed by atoms with E-state index in [-0.39, 0.29) is 0 Å². The maximum atomic E-state index is 3.67. The van der Waals surface area contributed by atoms with Gasteiger partial charge in [0.1, 0.15) is 0 Å². The predicted octanol–water partition coefficient (Wildman–Crippen LogP) is 3.62. The first-order valence-electron chi connectivity index (χ1n) is 7.92. The van der Waals surface area contributed by atoms with Gasteiger partial charge in [-0.3, -0.25) is 0 Å². The third kappa shape index (κ3) is 5.65. The molecule has 1 N–H and O–H groups in total. The summed E-state index contributed by atoms with van der Waals surface area (Å²) in [7, 11) is 0. The van der Waals surface area contributed by atoms with Gasteiger partial charge in [-0.25, -0.2) is 0 Å². The largest absolute Gasteiger partial charge is 0.314 e. The molecule has 1 rings (SSSR count). The van der Waals surface area contributed by atoms with E-state index in [0.29, 0.717) is 16.2 Å². The van der Waals surface area contributed by atoms with Crippen LogP contribution in [0.4, 0.5) is 0 Å². The van der Waals surface area contributed by atoms with Crippen LogP contribution in [0.2, 0.25) is 0 Å². The minimum atomic E-state index is 0.428. The zero-order valence-corrected chi connectivity index (χ0v) is 14.7. The first-order valence-corrected chi connectivity index (χ1v) is 8.91. The van der Waals surface area contributed by atoms with Crippen molar-refractivity contribution in [3.05, 3.63) is 0 Å². The molecule has 1 aliphatic rings. The van der Waals surface area contributed by atoms with Crippen LogP contribution in [-0.2, 0) is 0 Å². The third-order valence-electron chi connectivity index (χ3n) is 4.45. The van der Waals surface area contributed by atoms with Crippen molar-refractivity contribution in [2.45, 2.75) is 65.2 Å². The van der Waals surface area contributed by atoms with Crippen molar-refractivity contribution < 1.29 is 0 Å². The van der Waals surface area contributed by atoms with Crippen molar-refractivity contribution >= 4 is 11.8 Å². The zero-order chi connectivity index (χ0) is 14.5. The second-order valence-corrected chi connectivity index (χ2v) is 8.86. The molecule has 0 amide bonds. The lowest BCUT2D eigenvalue weighted by molar-refractivity contribution is 0.127. The molecule has 114 valence electrons. The molecule has 1 aliphatic heterocycles. The summed E-state index contributed by atoms with van der Waals surface area (Å²) in [6.07, 6.45) is 2.54. The minimum absolute atomic E-state index is 0.428. The van der Waals surface area contributed by atoms with Gasteiger partial charge in [0.15, 0.2) is 0 Å². The van der Waals surface area contributed by atoms with E-state index >= 15 is 0 Å². The number of nitrogens with one attached hydrogen (secondary N) is 1. The molecule has 0 spiro atoms. The fourth-order valence-corrected chi connectivity index (χ4v) is 4.10. The van der Waals surface area contributed by atoms with Gasteiger partial charge in [0.05, 0.1) is 0 Å². The number of rotatable bonds is 7. The lowest BCUT2D eigenvalue weighted by Gasteiger charge is -2.43. The van der Waals surface area contributed by atoms with Crippen molar-refractivity contribution in [3.8, 4) is 0 Å². The average molecular weight is 287 g/mol. The molecule has 0 aliphatic carbocycles. The fraction of sp³-hybridized carbons (Fsp3) is 1.00. The van der Waals surface area contributed by atoms with Crippen molar-refractivity contribution in [1.29, 1.82) is 0 Å². The number of nitrogens with zero attached hydrogens (tertiary/aromatic N) is 1. The molecule has 1 heterocycles. The topological polar surface area (TPSA) is 15.3 Å². The summed E-state index contributed by atoms with van der Waals surface area (Å²) in [4.78, 5) is 2.70. The number of thioether (sulfide) groups is 1. The Bertz CT molecular complexity index is 259. The Hall–Kier alpha value is 0.270. The lowest BCUT2D eigenvalue weighted by Crippen LogP contribution is -2.50. The molecule has 0 radical (unpaired) electrons. The summed E-state index contributed by atoms with van der Waals surface area (Å²) in [5.41, 5.74) is 0.447. The Morgan fingerprint density at radius 1 is 1.26 bits per heavy atom. The highest BCUT2D eigenvalue weighted by Crippen LogP contribution is 2.33. The highest BCUT2D eigenvalue weighted by molar-refractivity contribution is 8.00. The first kappa shape index (κ1) is 17.3. The lowest BCUT2D eigenvalue weighted by atomic mass is 9.81. The van der Waals surface area contributed by atoms with Crippen LogP contribution in [0.3, 0.4) is 0 Å². The standard InChI is InChI=1S/C16H34N2S/c1-7-16(8-2,11-17-14(3)4)13-18-9-10-19-15(5,6)12-18/h14,17H,7-13H2,1-6H3. The van der Waals surface area contributed by atoms with Gasteiger partial charge in [-0.05, 0) is 32.1 Å². The summed E-state index contributed by atoms with van der Waals surface area (Å²) < 4.78 is 0.428. The molecule has 0 aromatic carbocycles. The van der Waals surface area contributed by atoms with Gasteiger partial charge in [0, 0.05) is 42.7 Å². The zero-order valence-electron chi connectivity index (χ0n) is 13.9. The molecule has 1 saturated heterocycles. The average Bonchev–Trinajstić information content (AvgIpc) is 2.33. The van der Waals surface area contributed by atoms with Gasteiger partial charge < -0.3 is 10.2 Å². The van der Waals surface area contributed by atoms with E-state index in [2.05, 4.69) is 63.5 Å². The van der Waals surface area contributed by atoms with Crippen molar-refractivity contribution in [2.75, 3.05) is 31.9 Å². The van der Waals surface area contributed by atoms with Crippen molar-refractivity contribution in [2.24, 2.45) is 5.41 Å². The van der Waals surface area contributed by atoms with E-state index in [1.54, 1.807) is 0 Å². The monoisotopic (exact) mass is 286 g/mol. The van der Waals surface area contributed by atoms with Crippen LogP contribution in [0.25, 0.3) is 0 Å². The van der Waals surface area contributed by atoms with E-state index in [0.717, 1.165) is 6.54 Å². The molecule has 0 saturated carbocycles. The molecule has 3 heteroatoms. The first-order chi connectivity index (χ1) is 8.82. The Morgan fingerprint density at radius 3 is 2.37 bits per heavy atom. The Labute approximate surface area is 125 Å². The van der Waals surface area contributed by atoms with Crippen LogP contribution in [0.1, 0.15) is 54.4 Å². The predicted molar refractivity (Wildman–Crippen MR) is 89.1 cm³/mol. The van der Waals surface area contributed by atoms with Gasteiger partial charge in [-0.1, -0.05) is 27.7 Å². The van der Waals surface area contributed by atoms with E-state index in [9.17, 15) is 0 Å². The second-order valence-electron chi connectivity index (χ2n) is 7.06. The summed E-state index contributed by atoms with van der Waals surface area (Å²) in [5.74, 6) is 1.29. The molecule has 1 fully saturated rings. The van der Waals surface area contributed by atoms with Gasteiger partial charge in [0.25, 0.3) is 0 Å². The Morgan fingerprint density at radius 2 is 1.89 bits per heavy atom. The molecular formula is C16H34N2S. The summed E-state index contributed by atoms with van der Waals surface area (Å²) in [6, 6.07) is 0.589. The van der Waals surface area contributed by atoms with Crippen LogP contribution in [0, 0.1) is 5.41 Å². The molecule has 0 aromatic rings. The quantitative estimate of drug-likeness (QED) is 0.769. The summed E-state index contributed by atoms with van der Waals surface area (Å²) in [5, 5.41) is 3.67. The highest BCUT2D eigenvalue weighted by atomic mass is 32.2. The SMILES string of the molecule is CCC(CC)(CNC(C)C)CN1CCSC(C)(C)C1. The van der Waals surface area contributed by atoms with E-state index in [1.165, 1.54) is 38.2 Å². The molecule has 0 unspecified atom stereocenters. The third-order valence-corrected chi connectivity index (χ3v) is 5.75. The fourth-order valence-electron chi connectivity index (χ4n) is 2.92. The van der Waals surface area contributed by atoms with E-state index in [4.69, 9.17) is 0 Å².